The molecule has 2 aromatic rings. The van der Waals surface area contributed by atoms with E-state index >= 15 is 0 Å². The summed E-state index contributed by atoms with van der Waals surface area (Å²) in [6.45, 7) is 7.01. The Hall–Kier alpha value is -3.09. The molecule has 0 bridgehead atoms. The maximum Gasteiger partial charge on any atom is 0.338 e. The first kappa shape index (κ1) is 16.4. The van der Waals surface area contributed by atoms with Gasteiger partial charge in [0.15, 0.2) is 11.2 Å². The number of hydrogen-bond donors (Lipinski definition) is 2. The van der Waals surface area contributed by atoms with E-state index in [-0.39, 0.29) is 17.5 Å². The third kappa shape index (κ3) is 1.97. The van der Waals surface area contributed by atoms with Crippen LogP contribution in [0.5, 0.6) is 0 Å². The quantitative estimate of drug-likeness (QED) is 0.762. The van der Waals surface area contributed by atoms with Gasteiger partial charge in [0.1, 0.15) is 11.3 Å². The monoisotopic (exact) mass is 353 g/mol. The Bertz CT molecular complexity index is 996. The molecule has 0 saturated carbocycles. The molecule has 1 atom stereocenters. The molecule has 1 aromatic heterocycles. The van der Waals surface area contributed by atoms with E-state index in [1.807, 2.05) is 18.2 Å². The van der Waals surface area contributed by atoms with Crippen molar-refractivity contribution in [2.24, 2.45) is 0 Å². The number of aromatic nitrogens is 1. The highest BCUT2D eigenvalue weighted by Crippen LogP contribution is 2.55. The minimum Gasteiger partial charge on any atom is -0.457 e. The molecule has 7 nitrogen and oxygen atoms in total. The fraction of sp³-hybridized carbons (Fsp3) is 0.316. The van der Waals surface area contributed by atoms with Crippen LogP contribution in [0.3, 0.4) is 0 Å². The van der Waals surface area contributed by atoms with E-state index < -0.39 is 17.0 Å². The van der Waals surface area contributed by atoms with Crippen molar-refractivity contribution in [1.29, 1.82) is 0 Å². The van der Waals surface area contributed by atoms with E-state index in [9.17, 15) is 9.59 Å². The number of nitrogens with zero attached hydrogens (tertiary/aromatic N) is 1. The number of rotatable bonds is 1. The first-order valence-electron chi connectivity index (χ1n) is 8.29. The van der Waals surface area contributed by atoms with Crippen molar-refractivity contribution >= 4 is 17.9 Å². The van der Waals surface area contributed by atoms with Crippen molar-refractivity contribution in [3.63, 3.8) is 0 Å². The van der Waals surface area contributed by atoms with Gasteiger partial charge < -0.3 is 20.2 Å². The number of anilines is 1. The van der Waals surface area contributed by atoms with Gasteiger partial charge in [0.25, 0.3) is 6.01 Å². The summed E-state index contributed by atoms with van der Waals surface area (Å²) in [5.74, 6) is -0.531. The zero-order valence-electron chi connectivity index (χ0n) is 15.0. The molecule has 1 aliphatic carbocycles. The van der Waals surface area contributed by atoms with Crippen LogP contribution in [-0.2, 0) is 19.7 Å². The maximum atomic E-state index is 13.1. The molecule has 1 aromatic carbocycles. The number of benzene rings is 1. The number of carbonyl (C=O) groups excluding carboxylic acids is 2. The predicted octanol–water partition coefficient (Wildman–Crippen LogP) is 2.27. The van der Waals surface area contributed by atoms with Crippen LogP contribution in [0.1, 0.15) is 39.0 Å². The van der Waals surface area contributed by atoms with Crippen LogP contribution in [0.2, 0.25) is 0 Å². The molecule has 1 aliphatic heterocycles. The highest BCUT2D eigenvalue weighted by molar-refractivity contribution is 6.14. The summed E-state index contributed by atoms with van der Waals surface area (Å²) < 4.78 is 11.1. The zero-order valence-corrected chi connectivity index (χ0v) is 15.0. The molecular formula is C19H19N3O4. The summed E-state index contributed by atoms with van der Waals surface area (Å²) in [5, 5.41) is 2.77. The van der Waals surface area contributed by atoms with Crippen LogP contribution in [0.15, 0.2) is 40.0 Å². The van der Waals surface area contributed by atoms with Gasteiger partial charge in [0.2, 0.25) is 5.91 Å². The second-order valence-corrected chi connectivity index (χ2v) is 7.48. The van der Waals surface area contributed by atoms with Crippen LogP contribution < -0.4 is 11.1 Å². The Labute approximate surface area is 150 Å². The van der Waals surface area contributed by atoms with Crippen molar-refractivity contribution < 1.29 is 18.7 Å². The molecule has 0 saturated heterocycles. The lowest BCUT2D eigenvalue weighted by molar-refractivity contribution is -0.151. The standard InChI is InChI=1S/C19H19N3O4/c1-9-12(15(23)26-18(2,3)4)19(16(24)21-9)11-8-6-5-7-10(11)13-14(19)22-17(20)25-13/h5-8H,1-4H3,(H2,20,22)(H,21,24). The van der Waals surface area contributed by atoms with Gasteiger partial charge in [-0.1, -0.05) is 24.3 Å². The van der Waals surface area contributed by atoms with E-state index in [1.54, 1.807) is 33.8 Å². The number of fused-ring (bicyclic) bond motifs is 5. The van der Waals surface area contributed by atoms with Crippen molar-refractivity contribution in [2.45, 2.75) is 38.7 Å². The summed E-state index contributed by atoms with van der Waals surface area (Å²) in [4.78, 5) is 30.4. The van der Waals surface area contributed by atoms with E-state index in [0.717, 1.165) is 0 Å². The molecule has 3 N–H and O–H groups in total. The van der Waals surface area contributed by atoms with Gasteiger partial charge in [-0.25, -0.2) is 4.79 Å². The predicted molar refractivity (Wildman–Crippen MR) is 93.8 cm³/mol. The lowest BCUT2D eigenvalue weighted by atomic mass is 9.74. The molecule has 1 unspecified atom stereocenters. The SMILES string of the molecule is CC1=C(C(=O)OC(C)(C)C)C2(C(=O)N1)c1ccccc1-c1oc(N)nc12. The van der Waals surface area contributed by atoms with Crippen molar-refractivity contribution in [3.8, 4) is 11.3 Å². The van der Waals surface area contributed by atoms with Crippen molar-refractivity contribution in [2.75, 3.05) is 5.73 Å². The van der Waals surface area contributed by atoms with Gasteiger partial charge in [0.05, 0.1) is 5.57 Å². The number of esters is 1. The molecule has 134 valence electrons. The summed E-state index contributed by atoms with van der Waals surface area (Å²) in [6, 6.07) is 7.21. The van der Waals surface area contributed by atoms with Gasteiger partial charge >= 0.3 is 5.97 Å². The summed E-state index contributed by atoms with van der Waals surface area (Å²) in [6.07, 6.45) is 0. The molecule has 26 heavy (non-hydrogen) atoms. The Kier molecular flexibility index (Phi) is 3.13. The summed E-state index contributed by atoms with van der Waals surface area (Å²) in [5.41, 5.74) is 5.95. The number of ether oxygens (including phenoxy) is 1. The van der Waals surface area contributed by atoms with Crippen molar-refractivity contribution in [3.05, 3.63) is 46.8 Å². The van der Waals surface area contributed by atoms with Gasteiger partial charge in [-0.15, -0.1) is 0 Å². The number of allylic oxidation sites excluding steroid dienone is 1. The fourth-order valence-corrected chi connectivity index (χ4v) is 3.75. The van der Waals surface area contributed by atoms with Gasteiger partial charge in [-0.3, -0.25) is 4.79 Å². The van der Waals surface area contributed by atoms with Crippen LogP contribution >= 0.6 is 0 Å². The van der Waals surface area contributed by atoms with E-state index in [2.05, 4.69) is 10.3 Å². The first-order chi connectivity index (χ1) is 12.2. The molecule has 4 rings (SSSR count). The molecule has 1 amide bonds. The van der Waals surface area contributed by atoms with Gasteiger partial charge in [-0.05, 0) is 33.3 Å². The Balaban J connectivity index is 2.02. The number of carbonyl (C=O) groups is 2. The Morgan fingerprint density at radius 1 is 1.31 bits per heavy atom. The summed E-state index contributed by atoms with van der Waals surface area (Å²) in [7, 11) is 0. The minimum atomic E-state index is -1.42. The molecule has 2 aliphatic rings. The van der Waals surface area contributed by atoms with E-state index in [1.165, 1.54) is 0 Å². The second kappa shape index (κ2) is 4.97. The zero-order chi connectivity index (χ0) is 18.9. The third-order valence-corrected chi connectivity index (χ3v) is 4.57. The molecule has 7 heteroatoms. The number of nitrogen functional groups attached to an aromatic ring is 1. The topological polar surface area (TPSA) is 107 Å². The molecule has 2 heterocycles. The van der Waals surface area contributed by atoms with Gasteiger partial charge in [0, 0.05) is 11.3 Å². The van der Waals surface area contributed by atoms with E-state index in [0.29, 0.717) is 28.3 Å². The third-order valence-electron chi connectivity index (χ3n) is 4.57. The molecule has 0 radical (unpaired) electrons. The molecular weight excluding hydrogens is 334 g/mol. The molecule has 1 spiro atoms. The van der Waals surface area contributed by atoms with Crippen LogP contribution in [0.4, 0.5) is 6.01 Å². The van der Waals surface area contributed by atoms with Gasteiger partial charge in [-0.2, -0.15) is 4.98 Å². The smallest absolute Gasteiger partial charge is 0.338 e. The number of nitrogens with one attached hydrogen (secondary N) is 1. The lowest BCUT2D eigenvalue weighted by Crippen LogP contribution is -2.41. The fourth-order valence-electron chi connectivity index (χ4n) is 3.75. The highest BCUT2D eigenvalue weighted by atomic mass is 16.6. The number of amides is 1. The first-order valence-corrected chi connectivity index (χ1v) is 8.29. The average Bonchev–Trinajstić information content (AvgIpc) is 3.10. The van der Waals surface area contributed by atoms with E-state index in [4.69, 9.17) is 14.9 Å². The van der Waals surface area contributed by atoms with Crippen LogP contribution in [0, 0.1) is 0 Å². The number of hydrogen-bond acceptors (Lipinski definition) is 6. The van der Waals surface area contributed by atoms with Crippen LogP contribution in [0.25, 0.3) is 11.3 Å². The Morgan fingerprint density at radius 2 is 2.00 bits per heavy atom. The largest absolute Gasteiger partial charge is 0.457 e. The number of oxazole rings is 1. The minimum absolute atomic E-state index is 0.0511. The second-order valence-electron chi connectivity index (χ2n) is 7.48. The maximum absolute atomic E-state index is 13.1. The van der Waals surface area contributed by atoms with Crippen LogP contribution in [-0.4, -0.2) is 22.5 Å². The number of nitrogens with two attached hydrogens (primary N) is 1. The lowest BCUT2D eigenvalue weighted by Gasteiger charge is -2.27. The average molecular weight is 353 g/mol. The van der Waals surface area contributed by atoms with Crippen molar-refractivity contribution in [1.82, 2.24) is 10.3 Å². The molecule has 0 fully saturated rings. The summed E-state index contributed by atoms with van der Waals surface area (Å²) >= 11 is 0. The highest BCUT2D eigenvalue weighted by Gasteiger charge is 2.61. The normalized spacial score (nSPS) is 21.0. The Morgan fingerprint density at radius 3 is 2.69 bits per heavy atom.